The molecule has 3 nitrogen and oxygen atoms in total. The van der Waals surface area contributed by atoms with Crippen LogP contribution in [0.1, 0.15) is 18.2 Å². The fourth-order valence-corrected chi connectivity index (χ4v) is 1.87. The molecule has 0 fully saturated rings. The van der Waals surface area contributed by atoms with Crippen LogP contribution in [0.5, 0.6) is 5.75 Å². The van der Waals surface area contributed by atoms with Gasteiger partial charge in [-0.25, -0.2) is 0 Å². The van der Waals surface area contributed by atoms with E-state index < -0.39 is 0 Å². The summed E-state index contributed by atoms with van der Waals surface area (Å²) in [5.74, 6) is 1.44. The molecule has 1 N–H and O–H groups in total. The average molecular weight is 300 g/mol. The zero-order valence-corrected chi connectivity index (χ0v) is 12.1. The van der Waals surface area contributed by atoms with Gasteiger partial charge in [0, 0.05) is 18.2 Å². The lowest BCUT2D eigenvalue weighted by molar-refractivity contribution is 0.270. The van der Waals surface area contributed by atoms with Gasteiger partial charge >= 0.3 is 0 Å². The molecule has 0 atom stereocenters. The highest BCUT2D eigenvalue weighted by molar-refractivity contribution is 6.42. The Kier molecular flexibility index (Phi) is 5.14. The standard InChI is InChI=1S/C14H15Cl2NO2/c1-2-17-7-10-5-12(18-8-10)9-19-11-3-4-13(15)14(16)6-11/h3-6,8,17H,2,7,9H2,1H3. The summed E-state index contributed by atoms with van der Waals surface area (Å²) in [5, 5.41) is 4.22. The molecule has 0 bridgehead atoms. The predicted molar refractivity (Wildman–Crippen MR) is 76.9 cm³/mol. The van der Waals surface area contributed by atoms with Crippen molar-refractivity contribution in [1.82, 2.24) is 5.32 Å². The molecule has 102 valence electrons. The second-order valence-corrected chi connectivity index (χ2v) is 4.88. The lowest BCUT2D eigenvalue weighted by Crippen LogP contribution is -2.10. The number of benzene rings is 1. The largest absolute Gasteiger partial charge is 0.486 e. The first-order valence-electron chi connectivity index (χ1n) is 6.04. The van der Waals surface area contributed by atoms with Crippen LogP contribution in [0.4, 0.5) is 0 Å². The number of hydrogen-bond acceptors (Lipinski definition) is 3. The molecule has 5 heteroatoms. The lowest BCUT2D eigenvalue weighted by atomic mass is 10.3. The molecule has 0 unspecified atom stereocenters. The van der Waals surface area contributed by atoms with Gasteiger partial charge in [-0.1, -0.05) is 30.1 Å². The average Bonchev–Trinajstić information content (AvgIpc) is 2.86. The van der Waals surface area contributed by atoms with Crippen LogP contribution in [0.15, 0.2) is 34.9 Å². The molecule has 0 aliphatic heterocycles. The predicted octanol–water partition coefficient (Wildman–Crippen LogP) is 4.27. The lowest BCUT2D eigenvalue weighted by Gasteiger charge is -2.05. The normalized spacial score (nSPS) is 10.7. The molecule has 0 amide bonds. The first-order valence-corrected chi connectivity index (χ1v) is 6.79. The van der Waals surface area contributed by atoms with Crippen molar-refractivity contribution < 1.29 is 9.15 Å². The van der Waals surface area contributed by atoms with Crippen molar-refractivity contribution >= 4 is 23.2 Å². The molecular weight excluding hydrogens is 285 g/mol. The van der Waals surface area contributed by atoms with Crippen molar-refractivity contribution in [3.63, 3.8) is 0 Å². The van der Waals surface area contributed by atoms with Crippen molar-refractivity contribution in [3.8, 4) is 5.75 Å². The summed E-state index contributed by atoms with van der Waals surface area (Å²) in [6.45, 7) is 4.16. The molecule has 1 heterocycles. The summed E-state index contributed by atoms with van der Waals surface area (Å²) < 4.78 is 11.0. The minimum Gasteiger partial charge on any atom is -0.486 e. The van der Waals surface area contributed by atoms with E-state index in [9.17, 15) is 0 Å². The zero-order valence-electron chi connectivity index (χ0n) is 10.6. The highest BCUT2D eigenvalue weighted by atomic mass is 35.5. The Morgan fingerprint density at radius 3 is 2.79 bits per heavy atom. The number of halogens is 2. The Morgan fingerprint density at radius 1 is 1.21 bits per heavy atom. The van der Waals surface area contributed by atoms with Crippen LogP contribution in [0.25, 0.3) is 0 Å². The Balaban J connectivity index is 1.91. The second-order valence-electron chi connectivity index (χ2n) is 4.07. The van der Waals surface area contributed by atoms with E-state index >= 15 is 0 Å². The molecule has 1 aromatic heterocycles. The van der Waals surface area contributed by atoms with E-state index in [0.29, 0.717) is 22.4 Å². The Labute approximate surface area is 122 Å². The highest BCUT2D eigenvalue weighted by Gasteiger charge is 2.04. The highest BCUT2D eigenvalue weighted by Crippen LogP contribution is 2.26. The van der Waals surface area contributed by atoms with Crippen LogP contribution in [-0.4, -0.2) is 6.54 Å². The maximum Gasteiger partial charge on any atom is 0.146 e. The van der Waals surface area contributed by atoms with Crippen LogP contribution in [0.3, 0.4) is 0 Å². The van der Waals surface area contributed by atoms with Crippen LogP contribution in [0.2, 0.25) is 10.0 Å². The summed E-state index contributed by atoms with van der Waals surface area (Å²) in [6, 6.07) is 7.14. The van der Waals surface area contributed by atoms with Crippen LogP contribution >= 0.6 is 23.2 Å². The monoisotopic (exact) mass is 299 g/mol. The van der Waals surface area contributed by atoms with Gasteiger partial charge in [0.2, 0.25) is 0 Å². The van der Waals surface area contributed by atoms with E-state index in [4.69, 9.17) is 32.4 Å². The number of hydrogen-bond donors (Lipinski definition) is 1. The topological polar surface area (TPSA) is 34.4 Å². The SMILES string of the molecule is CCNCc1coc(COc2ccc(Cl)c(Cl)c2)c1. The molecule has 0 spiro atoms. The molecule has 1 aromatic carbocycles. The van der Waals surface area contributed by atoms with Crippen molar-refractivity contribution in [2.45, 2.75) is 20.1 Å². The first kappa shape index (κ1) is 14.3. The van der Waals surface area contributed by atoms with Crippen molar-refractivity contribution in [3.05, 3.63) is 51.9 Å². The van der Waals surface area contributed by atoms with Crippen molar-refractivity contribution in [1.29, 1.82) is 0 Å². The second kappa shape index (κ2) is 6.85. The Hall–Kier alpha value is -1.16. The van der Waals surface area contributed by atoms with Gasteiger partial charge in [0.05, 0.1) is 16.3 Å². The Morgan fingerprint density at radius 2 is 2.05 bits per heavy atom. The van der Waals surface area contributed by atoms with E-state index in [1.165, 1.54) is 0 Å². The molecular formula is C14H15Cl2NO2. The maximum atomic E-state index is 5.91. The number of rotatable bonds is 6. The minimum absolute atomic E-state index is 0.365. The number of nitrogens with one attached hydrogen (secondary N) is 1. The smallest absolute Gasteiger partial charge is 0.146 e. The van der Waals surface area contributed by atoms with Gasteiger partial charge in [-0.05, 0) is 24.7 Å². The van der Waals surface area contributed by atoms with Gasteiger partial charge in [-0.15, -0.1) is 0 Å². The third-order valence-electron chi connectivity index (χ3n) is 2.56. The molecule has 0 saturated carbocycles. The first-order chi connectivity index (χ1) is 9.19. The molecule has 2 aromatic rings. The summed E-state index contributed by atoms with van der Waals surface area (Å²) in [4.78, 5) is 0. The van der Waals surface area contributed by atoms with E-state index in [-0.39, 0.29) is 0 Å². The summed E-state index contributed by atoms with van der Waals surface area (Å²) in [6.07, 6.45) is 1.73. The number of furan rings is 1. The van der Waals surface area contributed by atoms with E-state index in [2.05, 4.69) is 12.2 Å². The molecule has 0 aliphatic rings. The fraction of sp³-hybridized carbons (Fsp3) is 0.286. The number of ether oxygens (including phenoxy) is 1. The summed E-state index contributed by atoms with van der Waals surface area (Å²) in [5.41, 5.74) is 1.11. The van der Waals surface area contributed by atoms with Crippen LogP contribution in [0, 0.1) is 0 Å². The van der Waals surface area contributed by atoms with Crippen molar-refractivity contribution in [2.75, 3.05) is 6.54 Å². The van der Waals surface area contributed by atoms with Gasteiger partial charge < -0.3 is 14.5 Å². The minimum atomic E-state index is 0.365. The molecule has 19 heavy (non-hydrogen) atoms. The Bertz CT molecular complexity index is 540. The third kappa shape index (κ3) is 4.16. The summed E-state index contributed by atoms with van der Waals surface area (Å²) in [7, 11) is 0. The molecule has 0 saturated heterocycles. The van der Waals surface area contributed by atoms with Gasteiger partial charge in [-0.3, -0.25) is 0 Å². The van der Waals surface area contributed by atoms with Crippen LogP contribution in [-0.2, 0) is 13.2 Å². The zero-order chi connectivity index (χ0) is 13.7. The van der Waals surface area contributed by atoms with E-state index in [0.717, 1.165) is 24.4 Å². The fourth-order valence-electron chi connectivity index (χ4n) is 1.59. The molecule has 0 radical (unpaired) electrons. The maximum absolute atomic E-state index is 5.91. The summed E-state index contributed by atoms with van der Waals surface area (Å²) >= 11 is 11.7. The van der Waals surface area contributed by atoms with Gasteiger partial charge in [-0.2, -0.15) is 0 Å². The van der Waals surface area contributed by atoms with Gasteiger partial charge in [0.25, 0.3) is 0 Å². The molecule has 2 rings (SSSR count). The van der Waals surface area contributed by atoms with E-state index in [1.807, 2.05) is 6.07 Å². The van der Waals surface area contributed by atoms with Crippen molar-refractivity contribution in [2.24, 2.45) is 0 Å². The third-order valence-corrected chi connectivity index (χ3v) is 3.30. The quantitative estimate of drug-likeness (QED) is 0.865. The van der Waals surface area contributed by atoms with Gasteiger partial charge in [0.15, 0.2) is 0 Å². The van der Waals surface area contributed by atoms with Gasteiger partial charge in [0.1, 0.15) is 18.1 Å². The van der Waals surface area contributed by atoms with E-state index in [1.54, 1.807) is 24.5 Å². The van der Waals surface area contributed by atoms with Crippen LogP contribution < -0.4 is 10.1 Å². The molecule has 0 aliphatic carbocycles.